The molecule has 2 heterocycles. The van der Waals surface area contributed by atoms with Gasteiger partial charge in [-0.05, 0) is 98.8 Å². The summed E-state index contributed by atoms with van der Waals surface area (Å²) in [6, 6.07) is 72.0. The normalized spacial score (nSPS) is 12.9. The van der Waals surface area contributed by atoms with Crippen LogP contribution in [0.3, 0.4) is 0 Å². The highest BCUT2D eigenvalue weighted by molar-refractivity contribution is 6.18. The Labute approximate surface area is 354 Å². The van der Waals surface area contributed by atoms with Crippen molar-refractivity contribution >= 4 is 60.5 Å². The zero-order valence-corrected chi connectivity index (χ0v) is 33.9. The second-order valence-corrected chi connectivity index (χ2v) is 16.7. The molecule has 0 amide bonds. The Kier molecular flexibility index (Phi) is 7.85. The fourth-order valence-corrected chi connectivity index (χ4v) is 9.80. The molecule has 0 atom stereocenters. The van der Waals surface area contributed by atoms with Crippen LogP contribution in [0.2, 0.25) is 0 Å². The lowest BCUT2D eigenvalue weighted by Gasteiger charge is -2.28. The fourth-order valence-electron chi connectivity index (χ4n) is 9.80. The number of hydrogen-bond acceptors (Lipinski definition) is 3. The maximum Gasteiger partial charge on any atom is 0.161 e. The summed E-state index contributed by atoms with van der Waals surface area (Å²) < 4.78 is 0. The molecule has 0 spiro atoms. The summed E-state index contributed by atoms with van der Waals surface area (Å²) >= 11 is 0. The van der Waals surface area contributed by atoms with Crippen LogP contribution in [-0.2, 0) is 5.41 Å². The van der Waals surface area contributed by atoms with E-state index in [-0.39, 0.29) is 5.41 Å². The number of benzene rings is 9. The maximum absolute atomic E-state index is 5.47. The van der Waals surface area contributed by atoms with E-state index in [4.69, 9.17) is 9.97 Å². The third-order valence-corrected chi connectivity index (χ3v) is 12.8. The van der Waals surface area contributed by atoms with E-state index in [0.29, 0.717) is 5.82 Å². The van der Waals surface area contributed by atoms with Gasteiger partial charge in [-0.15, -0.1) is 0 Å². The van der Waals surface area contributed by atoms with Crippen LogP contribution < -0.4 is 4.90 Å². The third-order valence-electron chi connectivity index (χ3n) is 12.8. The van der Waals surface area contributed by atoms with Crippen molar-refractivity contribution in [3.63, 3.8) is 0 Å². The monoisotopic (exact) mass is 780 g/mol. The number of nitrogens with zero attached hydrogens (tertiary/aromatic N) is 3. The number of H-pyrrole nitrogens is 1. The third kappa shape index (κ3) is 5.60. The number of hydrogen-bond donors (Lipinski definition) is 1. The molecule has 0 radical (unpaired) electrons. The minimum absolute atomic E-state index is 0.0914. The Morgan fingerprint density at radius 1 is 0.459 bits per heavy atom. The number of rotatable bonds is 6. The second kappa shape index (κ2) is 13.6. The first-order valence-electron chi connectivity index (χ1n) is 21.0. The Morgan fingerprint density at radius 3 is 2.05 bits per heavy atom. The van der Waals surface area contributed by atoms with Crippen LogP contribution in [0.25, 0.3) is 88.4 Å². The molecule has 9 aromatic carbocycles. The van der Waals surface area contributed by atoms with Gasteiger partial charge in [0.05, 0.1) is 22.4 Å². The highest BCUT2D eigenvalue weighted by Gasteiger charge is 2.36. The molecule has 12 rings (SSSR count). The first-order valence-corrected chi connectivity index (χ1v) is 21.0. The van der Waals surface area contributed by atoms with Gasteiger partial charge in [0.1, 0.15) is 0 Å². The standard InChI is InChI=1S/C57H40N4/c1-57(2)48-24-11-8-21-43(48)47-35-42(29-31-49(47)57)61(41-28-27-37-17-6-7-18-39(37)34-41)52-32-30-46(53-44-22-9-12-25-50(44)58-55(52)53)56-59-51-26-13-10-23-45(51)54(60-56)40-20-14-19-38(33-40)36-15-4-3-5-16-36/h3-35,58H,1-2H3. The average molecular weight is 781 g/mol. The van der Waals surface area contributed by atoms with Gasteiger partial charge in [0.15, 0.2) is 5.82 Å². The van der Waals surface area contributed by atoms with Gasteiger partial charge in [-0.25, -0.2) is 9.97 Å². The van der Waals surface area contributed by atoms with Gasteiger partial charge in [-0.1, -0.05) is 159 Å². The highest BCUT2D eigenvalue weighted by Crippen LogP contribution is 2.52. The van der Waals surface area contributed by atoms with E-state index >= 15 is 0 Å². The van der Waals surface area contributed by atoms with Gasteiger partial charge in [0.2, 0.25) is 0 Å². The lowest BCUT2D eigenvalue weighted by atomic mass is 9.82. The SMILES string of the molecule is CC1(C)c2ccccc2-c2cc(N(c3ccc4ccccc4c3)c3ccc(-c4nc(-c5cccc(-c6ccccc6)c5)c5ccccc5n4)c4c3[nH]c3ccccc34)ccc21. The number of fused-ring (bicyclic) bond motifs is 8. The minimum Gasteiger partial charge on any atom is -0.353 e. The van der Waals surface area contributed by atoms with Gasteiger partial charge in [-0.2, -0.15) is 0 Å². The topological polar surface area (TPSA) is 44.8 Å². The number of para-hydroxylation sites is 2. The van der Waals surface area contributed by atoms with Crippen LogP contribution in [0.1, 0.15) is 25.0 Å². The molecule has 1 aliphatic rings. The first-order chi connectivity index (χ1) is 30.0. The van der Waals surface area contributed by atoms with Crippen LogP contribution in [0.4, 0.5) is 17.1 Å². The Balaban J connectivity index is 1.10. The minimum atomic E-state index is -0.0914. The van der Waals surface area contributed by atoms with Crippen molar-refractivity contribution in [1.82, 2.24) is 15.0 Å². The lowest BCUT2D eigenvalue weighted by Crippen LogP contribution is -2.15. The molecule has 2 aromatic heterocycles. The summed E-state index contributed by atoms with van der Waals surface area (Å²) in [4.78, 5) is 17.1. The molecule has 11 aromatic rings. The highest BCUT2D eigenvalue weighted by atomic mass is 15.2. The van der Waals surface area contributed by atoms with Gasteiger partial charge in [0.25, 0.3) is 0 Å². The van der Waals surface area contributed by atoms with E-state index in [1.54, 1.807) is 0 Å². The van der Waals surface area contributed by atoms with Crippen LogP contribution in [0.5, 0.6) is 0 Å². The second-order valence-electron chi connectivity index (χ2n) is 16.7. The van der Waals surface area contributed by atoms with Crippen molar-refractivity contribution < 1.29 is 0 Å². The van der Waals surface area contributed by atoms with E-state index in [2.05, 4.69) is 224 Å². The predicted molar refractivity (Wildman–Crippen MR) is 255 cm³/mol. The molecule has 0 bridgehead atoms. The molecule has 0 aliphatic heterocycles. The number of aromatic nitrogens is 3. The van der Waals surface area contributed by atoms with E-state index < -0.39 is 0 Å². The van der Waals surface area contributed by atoms with Crippen LogP contribution in [0.15, 0.2) is 200 Å². The molecule has 0 fully saturated rings. The molecule has 288 valence electrons. The molecular formula is C57H40N4. The molecule has 4 heteroatoms. The number of anilines is 3. The predicted octanol–water partition coefficient (Wildman–Crippen LogP) is 15.2. The quantitative estimate of drug-likeness (QED) is 0.183. The van der Waals surface area contributed by atoms with Crippen LogP contribution in [0, 0.1) is 0 Å². The molecule has 61 heavy (non-hydrogen) atoms. The molecule has 0 unspecified atom stereocenters. The van der Waals surface area contributed by atoms with Crippen molar-refractivity contribution in [2.45, 2.75) is 19.3 Å². The van der Waals surface area contributed by atoms with E-state index in [1.807, 2.05) is 0 Å². The Morgan fingerprint density at radius 2 is 1.15 bits per heavy atom. The van der Waals surface area contributed by atoms with Gasteiger partial charge in [0, 0.05) is 49.6 Å². The summed E-state index contributed by atoms with van der Waals surface area (Å²) in [5, 5.41) is 5.63. The van der Waals surface area contributed by atoms with Crippen LogP contribution in [-0.4, -0.2) is 15.0 Å². The largest absolute Gasteiger partial charge is 0.353 e. The molecular weight excluding hydrogens is 741 g/mol. The Bertz CT molecular complexity index is 3520. The molecule has 1 N–H and O–H groups in total. The van der Waals surface area contributed by atoms with Crippen molar-refractivity contribution in [2.24, 2.45) is 0 Å². The summed E-state index contributed by atoms with van der Waals surface area (Å²) in [5.74, 6) is 0.689. The van der Waals surface area contributed by atoms with Gasteiger partial charge < -0.3 is 9.88 Å². The molecule has 1 aliphatic carbocycles. The van der Waals surface area contributed by atoms with Crippen molar-refractivity contribution in [1.29, 1.82) is 0 Å². The van der Waals surface area contributed by atoms with E-state index in [9.17, 15) is 0 Å². The zero-order valence-electron chi connectivity index (χ0n) is 33.9. The van der Waals surface area contributed by atoms with Crippen molar-refractivity contribution in [2.75, 3.05) is 4.90 Å². The van der Waals surface area contributed by atoms with Gasteiger partial charge >= 0.3 is 0 Å². The summed E-state index contributed by atoms with van der Waals surface area (Å²) in [6.07, 6.45) is 0. The van der Waals surface area contributed by atoms with Gasteiger partial charge in [-0.3, -0.25) is 0 Å². The van der Waals surface area contributed by atoms with Crippen molar-refractivity contribution in [3.05, 3.63) is 211 Å². The van der Waals surface area contributed by atoms with E-state index in [0.717, 1.165) is 72.2 Å². The smallest absolute Gasteiger partial charge is 0.161 e. The Hall–Kier alpha value is -7.82. The lowest BCUT2D eigenvalue weighted by molar-refractivity contribution is 0.660. The van der Waals surface area contributed by atoms with E-state index in [1.165, 1.54) is 38.6 Å². The average Bonchev–Trinajstić information content (AvgIpc) is 3.81. The summed E-state index contributed by atoms with van der Waals surface area (Å²) in [6.45, 7) is 4.68. The van der Waals surface area contributed by atoms with Crippen molar-refractivity contribution in [3.8, 4) is 44.9 Å². The number of nitrogens with one attached hydrogen (secondary N) is 1. The molecule has 0 saturated heterocycles. The summed E-state index contributed by atoms with van der Waals surface area (Å²) in [7, 11) is 0. The first kappa shape index (κ1) is 35.2. The molecule has 4 nitrogen and oxygen atoms in total. The summed E-state index contributed by atoms with van der Waals surface area (Å²) in [5.41, 5.74) is 16.7. The fraction of sp³-hybridized carbons (Fsp3) is 0.0526. The number of aromatic amines is 1. The molecule has 0 saturated carbocycles. The maximum atomic E-state index is 5.47. The zero-order chi connectivity index (χ0) is 40.7. The van der Waals surface area contributed by atoms with Crippen LogP contribution >= 0.6 is 0 Å².